The summed E-state index contributed by atoms with van der Waals surface area (Å²) in [5.41, 5.74) is 7.10. The number of piperidine rings is 1. The quantitative estimate of drug-likeness (QED) is 0.720. The Morgan fingerprint density at radius 3 is 2.80 bits per heavy atom. The Morgan fingerprint density at radius 1 is 1.40 bits per heavy atom. The lowest BCUT2D eigenvalue weighted by atomic mass is 9.86. The van der Waals surface area contributed by atoms with Crippen molar-refractivity contribution in [2.75, 3.05) is 18.8 Å². The predicted molar refractivity (Wildman–Crippen MR) is 69.1 cm³/mol. The van der Waals surface area contributed by atoms with E-state index in [1.54, 1.807) is 18.2 Å². The van der Waals surface area contributed by atoms with Crippen LogP contribution < -0.4 is 16.4 Å². The van der Waals surface area contributed by atoms with Gasteiger partial charge in [-0.2, -0.15) is 13.2 Å². The lowest BCUT2D eigenvalue weighted by Crippen LogP contribution is -2.53. The first-order valence-electron chi connectivity index (χ1n) is 6.32. The van der Waals surface area contributed by atoms with Crippen LogP contribution in [0.5, 0.6) is 0 Å². The van der Waals surface area contributed by atoms with E-state index in [1.807, 2.05) is 6.07 Å². The third-order valence-electron chi connectivity index (χ3n) is 3.39. The highest BCUT2D eigenvalue weighted by Crippen LogP contribution is 2.27. The van der Waals surface area contributed by atoms with E-state index in [-0.39, 0.29) is 5.92 Å². The number of nitrogens with one attached hydrogen (secondary N) is 2. The van der Waals surface area contributed by atoms with Gasteiger partial charge in [0.05, 0.1) is 0 Å². The van der Waals surface area contributed by atoms with E-state index in [2.05, 4.69) is 10.6 Å². The SMILES string of the molecule is Nc1cccc(C2CCNCC2NC(=O)C(F)(F)F)c1. The lowest BCUT2D eigenvalue weighted by molar-refractivity contribution is -0.174. The Balaban J connectivity index is 2.15. The van der Waals surface area contributed by atoms with Gasteiger partial charge >= 0.3 is 12.1 Å². The van der Waals surface area contributed by atoms with E-state index in [0.717, 1.165) is 5.56 Å². The molecule has 1 aliphatic rings. The van der Waals surface area contributed by atoms with E-state index < -0.39 is 18.1 Å². The number of carbonyl (C=O) groups excluding carboxylic acids is 1. The van der Waals surface area contributed by atoms with Crippen LogP contribution in [0, 0.1) is 0 Å². The molecule has 20 heavy (non-hydrogen) atoms. The standard InChI is InChI=1S/C13H16F3N3O/c14-13(15,16)12(20)19-11-7-18-5-4-10(11)8-2-1-3-9(17)6-8/h1-3,6,10-11,18H,4-5,7,17H2,(H,19,20). The molecule has 0 aliphatic carbocycles. The molecule has 110 valence electrons. The first-order valence-corrected chi connectivity index (χ1v) is 6.32. The molecule has 1 heterocycles. The molecule has 1 fully saturated rings. The van der Waals surface area contributed by atoms with Crippen LogP contribution in [0.3, 0.4) is 0 Å². The molecule has 2 unspecified atom stereocenters. The Hall–Kier alpha value is -1.76. The van der Waals surface area contributed by atoms with Gasteiger partial charge in [0.25, 0.3) is 0 Å². The molecular formula is C13H16F3N3O. The van der Waals surface area contributed by atoms with Crippen molar-refractivity contribution in [2.24, 2.45) is 0 Å². The van der Waals surface area contributed by atoms with Crippen molar-refractivity contribution >= 4 is 11.6 Å². The number of nitrogens with two attached hydrogens (primary N) is 1. The first-order chi connectivity index (χ1) is 9.38. The minimum Gasteiger partial charge on any atom is -0.399 e. The van der Waals surface area contributed by atoms with Crippen LogP contribution in [0.15, 0.2) is 24.3 Å². The summed E-state index contributed by atoms with van der Waals surface area (Å²) in [6.07, 6.45) is -4.22. The molecule has 2 rings (SSSR count). The third-order valence-corrected chi connectivity index (χ3v) is 3.39. The lowest BCUT2D eigenvalue weighted by Gasteiger charge is -2.33. The van der Waals surface area contributed by atoms with Gasteiger partial charge in [-0.25, -0.2) is 0 Å². The normalized spacial score (nSPS) is 23.4. The number of benzene rings is 1. The predicted octanol–water partition coefficient (Wildman–Crippen LogP) is 1.39. The fraction of sp³-hybridized carbons (Fsp3) is 0.462. The Bertz CT molecular complexity index is 490. The molecule has 0 aromatic heterocycles. The van der Waals surface area contributed by atoms with Crippen molar-refractivity contribution in [1.82, 2.24) is 10.6 Å². The number of amides is 1. The van der Waals surface area contributed by atoms with Crippen LogP contribution >= 0.6 is 0 Å². The van der Waals surface area contributed by atoms with Gasteiger partial charge in [-0.05, 0) is 30.7 Å². The number of nitrogen functional groups attached to an aromatic ring is 1. The van der Waals surface area contributed by atoms with Crippen LogP contribution in [0.4, 0.5) is 18.9 Å². The highest BCUT2D eigenvalue weighted by molar-refractivity contribution is 5.82. The molecule has 1 aromatic carbocycles. The monoisotopic (exact) mass is 287 g/mol. The van der Waals surface area contributed by atoms with Crippen LogP contribution in [-0.2, 0) is 4.79 Å². The van der Waals surface area contributed by atoms with E-state index in [4.69, 9.17) is 5.73 Å². The van der Waals surface area contributed by atoms with Gasteiger partial charge in [0.1, 0.15) is 0 Å². The number of halogens is 3. The minimum absolute atomic E-state index is 0.175. The second kappa shape index (κ2) is 5.70. The molecule has 0 saturated carbocycles. The molecular weight excluding hydrogens is 271 g/mol. The zero-order chi connectivity index (χ0) is 14.8. The molecule has 7 heteroatoms. The molecule has 0 radical (unpaired) electrons. The van der Waals surface area contributed by atoms with Crippen molar-refractivity contribution in [3.63, 3.8) is 0 Å². The molecule has 0 bridgehead atoms. The van der Waals surface area contributed by atoms with Crippen molar-refractivity contribution < 1.29 is 18.0 Å². The highest BCUT2D eigenvalue weighted by atomic mass is 19.4. The van der Waals surface area contributed by atoms with E-state index in [1.165, 1.54) is 0 Å². The van der Waals surface area contributed by atoms with E-state index in [9.17, 15) is 18.0 Å². The van der Waals surface area contributed by atoms with Crippen LogP contribution in [0.25, 0.3) is 0 Å². The summed E-state index contributed by atoms with van der Waals surface area (Å²) in [5, 5.41) is 5.05. The van der Waals surface area contributed by atoms with Crippen LogP contribution in [-0.4, -0.2) is 31.2 Å². The van der Waals surface area contributed by atoms with Gasteiger partial charge < -0.3 is 16.4 Å². The fourth-order valence-electron chi connectivity index (χ4n) is 2.45. The molecule has 1 aromatic rings. The number of anilines is 1. The number of rotatable bonds is 2. The van der Waals surface area contributed by atoms with Crippen molar-refractivity contribution in [1.29, 1.82) is 0 Å². The maximum Gasteiger partial charge on any atom is 0.471 e. The Kier molecular flexibility index (Phi) is 4.17. The summed E-state index contributed by atoms with van der Waals surface area (Å²) in [5.74, 6) is -2.08. The Morgan fingerprint density at radius 2 is 2.15 bits per heavy atom. The zero-order valence-corrected chi connectivity index (χ0v) is 10.7. The second-order valence-corrected chi connectivity index (χ2v) is 4.85. The van der Waals surface area contributed by atoms with Gasteiger partial charge in [0.15, 0.2) is 0 Å². The van der Waals surface area contributed by atoms with Crippen molar-refractivity contribution in [3.05, 3.63) is 29.8 Å². The largest absolute Gasteiger partial charge is 0.471 e. The second-order valence-electron chi connectivity index (χ2n) is 4.85. The maximum atomic E-state index is 12.3. The summed E-state index contributed by atoms with van der Waals surface area (Å²) in [4.78, 5) is 11.1. The van der Waals surface area contributed by atoms with Gasteiger partial charge in [-0.1, -0.05) is 12.1 Å². The summed E-state index contributed by atoms with van der Waals surface area (Å²) in [7, 11) is 0. The fourth-order valence-corrected chi connectivity index (χ4v) is 2.45. The third kappa shape index (κ3) is 3.41. The zero-order valence-electron chi connectivity index (χ0n) is 10.7. The molecule has 1 aliphatic heterocycles. The number of hydrogen-bond donors (Lipinski definition) is 3. The topological polar surface area (TPSA) is 67.2 Å². The molecule has 4 nitrogen and oxygen atoms in total. The molecule has 0 spiro atoms. The van der Waals surface area contributed by atoms with Crippen LogP contribution in [0.1, 0.15) is 17.9 Å². The molecule has 1 amide bonds. The summed E-state index contributed by atoms with van der Waals surface area (Å²) >= 11 is 0. The van der Waals surface area contributed by atoms with E-state index in [0.29, 0.717) is 25.2 Å². The summed E-state index contributed by atoms with van der Waals surface area (Å²) in [6, 6.07) is 6.44. The number of alkyl halides is 3. The first kappa shape index (κ1) is 14.6. The van der Waals surface area contributed by atoms with Crippen LogP contribution in [0.2, 0.25) is 0 Å². The average Bonchev–Trinajstić information content (AvgIpc) is 2.38. The van der Waals surface area contributed by atoms with Crippen molar-refractivity contribution in [3.8, 4) is 0 Å². The Labute approximate surface area is 114 Å². The van der Waals surface area contributed by atoms with Gasteiger partial charge in [-0.3, -0.25) is 4.79 Å². The number of hydrogen-bond acceptors (Lipinski definition) is 3. The average molecular weight is 287 g/mol. The smallest absolute Gasteiger partial charge is 0.399 e. The van der Waals surface area contributed by atoms with Crippen molar-refractivity contribution in [2.45, 2.75) is 24.6 Å². The molecule has 2 atom stereocenters. The minimum atomic E-state index is -4.86. The highest BCUT2D eigenvalue weighted by Gasteiger charge is 2.41. The number of carbonyl (C=O) groups is 1. The van der Waals surface area contributed by atoms with Gasteiger partial charge in [0, 0.05) is 24.2 Å². The molecule has 4 N–H and O–H groups in total. The van der Waals surface area contributed by atoms with E-state index >= 15 is 0 Å². The van der Waals surface area contributed by atoms with Gasteiger partial charge in [0.2, 0.25) is 0 Å². The van der Waals surface area contributed by atoms with Gasteiger partial charge in [-0.15, -0.1) is 0 Å². The molecule has 1 saturated heterocycles. The summed E-state index contributed by atoms with van der Waals surface area (Å²) < 4.78 is 37.0. The summed E-state index contributed by atoms with van der Waals surface area (Å²) in [6.45, 7) is 0.999. The maximum absolute atomic E-state index is 12.3.